The number of hydrogen-bond acceptors (Lipinski definition) is 4. The maximum atomic E-state index is 13.4. The standard InChI is InChI=1S/C26H28FN3O2/c1-18(19-5-4-8-24(16-19)32-2)30-13-11-23(12-14-30)29-26(31)21-9-10-25(28-17-21)20-6-3-7-22(27)15-20/h3-10,15-18,23H,11-14H2,1-2H3,(H,29,31). The van der Waals surface area contributed by atoms with Crippen molar-refractivity contribution in [2.45, 2.75) is 31.8 Å². The maximum absolute atomic E-state index is 13.4. The molecule has 1 aliphatic rings. The highest BCUT2D eigenvalue weighted by Gasteiger charge is 2.25. The zero-order chi connectivity index (χ0) is 22.5. The Labute approximate surface area is 188 Å². The van der Waals surface area contributed by atoms with Gasteiger partial charge in [0.25, 0.3) is 5.91 Å². The van der Waals surface area contributed by atoms with Crippen LogP contribution in [0.5, 0.6) is 5.75 Å². The SMILES string of the molecule is COc1cccc(C(C)N2CCC(NC(=O)c3ccc(-c4cccc(F)c4)nc3)CC2)c1. The molecule has 2 aromatic carbocycles. The van der Waals surface area contributed by atoms with Crippen molar-refractivity contribution in [2.24, 2.45) is 0 Å². The molecule has 0 spiro atoms. The van der Waals surface area contributed by atoms with E-state index in [0.29, 0.717) is 22.9 Å². The van der Waals surface area contributed by atoms with Gasteiger partial charge in [-0.1, -0.05) is 24.3 Å². The van der Waals surface area contributed by atoms with E-state index in [1.807, 2.05) is 12.1 Å². The number of halogens is 1. The molecule has 1 amide bonds. The number of benzene rings is 2. The van der Waals surface area contributed by atoms with Gasteiger partial charge in [-0.15, -0.1) is 0 Å². The van der Waals surface area contributed by atoms with E-state index in [1.54, 1.807) is 37.6 Å². The summed E-state index contributed by atoms with van der Waals surface area (Å²) in [7, 11) is 1.68. The predicted molar refractivity (Wildman–Crippen MR) is 123 cm³/mol. The van der Waals surface area contributed by atoms with Crippen molar-refractivity contribution in [3.05, 3.63) is 83.8 Å². The lowest BCUT2D eigenvalue weighted by Gasteiger charge is -2.36. The summed E-state index contributed by atoms with van der Waals surface area (Å²) in [6.07, 6.45) is 3.35. The summed E-state index contributed by atoms with van der Waals surface area (Å²) in [4.78, 5) is 19.5. The fourth-order valence-corrected chi connectivity index (χ4v) is 4.16. The summed E-state index contributed by atoms with van der Waals surface area (Å²) in [5.41, 5.74) is 3.07. The van der Waals surface area contributed by atoms with Crippen LogP contribution in [0, 0.1) is 5.82 Å². The molecule has 3 aromatic rings. The van der Waals surface area contributed by atoms with Gasteiger partial charge in [-0.05, 0) is 61.7 Å². The Bertz CT molecular complexity index is 1060. The number of ether oxygens (including phenoxy) is 1. The number of hydrogen-bond donors (Lipinski definition) is 1. The molecule has 32 heavy (non-hydrogen) atoms. The van der Waals surface area contributed by atoms with Crippen LogP contribution in [-0.4, -0.2) is 42.0 Å². The highest BCUT2D eigenvalue weighted by Crippen LogP contribution is 2.27. The zero-order valence-electron chi connectivity index (χ0n) is 18.4. The molecule has 166 valence electrons. The minimum atomic E-state index is -0.307. The Hall–Kier alpha value is -3.25. The molecule has 6 heteroatoms. The normalized spacial score (nSPS) is 15.8. The van der Waals surface area contributed by atoms with Crippen molar-refractivity contribution in [1.82, 2.24) is 15.2 Å². The quantitative estimate of drug-likeness (QED) is 0.604. The molecule has 1 N–H and O–H groups in total. The Kier molecular flexibility index (Phi) is 6.81. The van der Waals surface area contributed by atoms with Crippen molar-refractivity contribution in [2.75, 3.05) is 20.2 Å². The smallest absolute Gasteiger partial charge is 0.253 e. The van der Waals surface area contributed by atoms with Crippen LogP contribution in [0.1, 0.15) is 41.7 Å². The molecule has 1 atom stereocenters. The first-order valence-electron chi connectivity index (χ1n) is 10.9. The van der Waals surface area contributed by atoms with E-state index in [0.717, 1.165) is 31.7 Å². The molecule has 0 radical (unpaired) electrons. The summed E-state index contributed by atoms with van der Waals surface area (Å²) in [5, 5.41) is 3.14. The average molecular weight is 434 g/mol. The van der Waals surface area contributed by atoms with Crippen molar-refractivity contribution in [1.29, 1.82) is 0 Å². The van der Waals surface area contributed by atoms with Gasteiger partial charge in [-0.2, -0.15) is 0 Å². The second-order valence-electron chi connectivity index (χ2n) is 8.18. The fourth-order valence-electron chi connectivity index (χ4n) is 4.16. The lowest BCUT2D eigenvalue weighted by Crippen LogP contribution is -2.45. The third kappa shape index (κ3) is 5.14. The Balaban J connectivity index is 1.31. The predicted octanol–water partition coefficient (Wildman–Crippen LogP) is 4.85. The number of nitrogens with one attached hydrogen (secondary N) is 1. The molecule has 1 aromatic heterocycles. The molecule has 0 aliphatic carbocycles. The number of pyridine rings is 1. The van der Waals surface area contributed by atoms with Crippen LogP contribution in [0.3, 0.4) is 0 Å². The molecular weight excluding hydrogens is 405 g/mol. The second kappa shape index (κ2) is 9.92. The number of amides is 1. The minimum Gasteiger partial charge on any atom is -0.497 e. The molecule has 1 fully saturated rings. The van der Waals surface area contributed by atoms with Crippen molar-refractivity contribution >= 4 is 5.91 Å². The number of carbonyl (C=O) groups is 1. The third-order valence-electron chi connectivity index (χ3n) is 6.13. The summed E-state index contributed by atoms with van der Waals surface area (Å²) in [6, 6.07) is 18.4. The van der Waals surface area contributed by atoms with Gasteiger partial charge in [0.15, 0.2) is 0 Å². The van der Waals surface area contributed by atoms with Gasteiger partial charge in [-0.25, -0.2) is 4.39 Å². The number of aromatic nitrogens is 1. The van der Waals surface area contributed by atoms with E-state index < -0.39 is 0 Å². The van der Waals surface area contributed by atoms with Gasteiger partial charge in [0, 0.05) is 36.9 Å². The second-order valence-corrected chi connectivity index (χ2v) is 8.18. The van der Waals surface area contributed by atoms with Crippen molar-refractivity contribution < 1.29 is 13.9 Å². The lowest BCUT2D eigenvalue weighted by atomic mass is 9.99. The molecule has 1 saturated heterocycles. The minimum absolute atomic E-state index is 0.123. The zero-order valence-corrected chi connectivity index (χ0v) is 18.4. The number of likely N-dealkylation sites (tertiary alicyclic amines) is 1. The molecule has 4 rings (SSSR count). The van der Waals surface area contributed by atoms with Crippen LogP contribution in [0.15, 0.2) is 66.9 Å². The van der Waals surface area contributed by atoms with Crippen LogP contribution in [0.25, 0.3) is 11.3 Å². The fraction of sp³-hybridized carbons (Fsp3) is 0.308. The summed E-state index contributed by atoms with van der Waals surface area (Å²) < 4.78 is 18.8. The average Bonchev–Trinajstić information content (AvgIpc) is 2.84. The van der Waals surface area contributed by atoms with Crippen molar-refractivity contribution in [3.8, 4) is 17.0 Å². The van der Waals surface area contributed by atoms with Gasteiger partial charge in [0.1, 0.15) is 11.6 Å². The Morgan fingerprint density at radius 1 is 1.12 bits per heavy atom. The lowest BCUT2D eigenvalue weighted by molar-refractivity contribution is 0.0895. The largest absolute Gasteiger partial charge is 0.497 e. The van der Waals surface area contributed by atoms with E-state index >= 15 is 0 Å². The molecule has 1 unspecified atom stereocenters. The molecule has 2 heterocycles. The van der Waals surface area contributed by atoms with E-state index in [-0.39, 0.29) is 17.8 Å². The van der Waals surface area contributed by atoms with E-state index in [9.17, 15) is 9.18 Å². The molecule has 0 bridgehead atoms. The monoisotopic (exact) mass is 433 g/mol. The topological polar surface area (TPSA) is 54.5 Å². The number of methoxy groups -OCH3 is 1. The van der Waals surface area contributed by atoms with Crippen LogP contribution >= 0.6 is 0 Å². The number of rotatable bonds is 6. The summed E-state index contributed by atoms with van der Waals surface area (Å²) in [5.74, 6) is 0.439. The third-order valence-corrected chi connectivity index (χ3v) is 6.13. The molecule has 1 aliphatic heterocycles. The van der Waals surface area contributed by atoms with E-state index in [1.165, 1.54) is 17.7 Å². The highest BCUT2D eigenvalue weighted by molar-refractivity contribution is 5.94. The summed E-state index contributed by atoms with van der Waals surface area (Å²) >= 11 is 0. The van der Waals surface area contributed by atoms with Gasteiger partial charge >= 0.3 is 0 Å². The van der Waals surface area contributed by atoms with Crippen molar-refractivity contribution in [3.63, 3.8) is 0 Å². The highest BCUT2D eigenvalue weighted by atomic mass is 19.1. The Morgan fingerprint density at radius 2 is 1.91 bits per heavy atom. The van der Waals surface area contributed by atoms with E-state index in [2.05, 4.69) is 34.3 Å². The van der Waals surface area contributed by atoms with Gasteiger partial charge in [-0.3, -0.25) is 14.7 Å². The van der Waals surface area contributed by atoms with Crippen LogP contribution in [-0.2, 0) is 0 Å². The number of carbonyl (C=O) groups excluding carboxylic acids is 1. The molecular formula is C26H28FN3O2. The number of nitrogens with zero attached hydrogens (tertiary/aromatic N) is 2. The van der Waals surface area contributed by atoms with Gasteiger partial charge in [0.2, 0.25) is 0 Å². The van der Waals surface area contributed by atoms with Crippen LogP contribution < -0.4 is 10.1 Å². The maximum Gasteiger partial charge on any atom is 0.253 e. The molecule has 5 nitrogen and oxygen atoms in total. The van der Waals surface area contributed by atoms with Gasteiger partial charge < -0.3 is 10.1 Å². The Morgan fingerprint density at radius 3 is 2.59 bits per heavy atom. The summed E-state index contributed by atoms with van der Waals surface area (Å²) in [6.45, 7) is 4.04. The first-order chi connectivity index (χ1) is 15.5. The first-order valence-corrected chi connectivity index (χ1v) is 10.9. The van der Waals surface area contributed by atoms with Gasteiger partial charge in [0.05, 0.1) is 18.4 Å². The van der Waals surface area contributed by atoms with Crippen LogP contribution in [0.4, 0.5) is 4.39 Å². The first kappa shape index (κ1) is 22.0. The molecule has 0 saturated carbocycles. The van der Waals surface area contributed by atoms with E-state index in [4.69, 9.17) is 4.74 Å². The number of piperidine rings is 1. The van der Waals surface area contributed by atoms with Crippen LogP contribution in [0.2, 0.25) is 0 Å².